The first kappa shape index (κ1) is 21.6. The summed E-state index contributed by atoms with van der Waals surface area (Å²) in [4.78, 5) is 31.3. The Balaban J connectivity index is 1.29. The summed E-state index contributed by atoms with van der Waals surface area (Å²) in [5, 5.41) is 6.41. The highest BCUT2D eigenvalue weighted by atomic mass is 16.2. The molecule has 1 fully saturated rings. The molecule has 0 radical (unpaired) electrons. The fraction of sp³-hybridized carbons (Fsp3) is 0.269. The average molecular weight is 429 g/mol. The Morgan fingerprint density at radius 3 is 2.59 bits per heavy atom. The number of benzene rings is 2. The number of aromatic nitrogens is 1. The Hall–Kier alpha value is -3.67. The van der Waals surface area contributed by atoms with Gasteiger partial charge in [-0.3, -0.25) is 9.78 Å². The van der Waals surface area contributed by atoms with E-state index in [0.717, 1.165) is 29.4 Å². The molecule has 1 aliphatic rings. The van der Waals surface area contributed by atoms with E-state index < -0.39 is 6.03 Å². The van der Waals surface area contributed by atoms with Crippen LogP contribution in [0, 0.1) is 13.8 Å². The van der Waals surface area contributed by atoms with E-state index in [2.05, 4.69) is 52.9 Å². The predicted octanol–water partition coefficient (Wildman–Crippen LogP) is 4.68. The smallest absolute Gasteiger partial charge is 0.319 e. The SMILES string of the molecule is Cc1cccc(C=C2CCN(C(=O)CNC(=O)Nc3cc(C)nc4ccccc34)CC2)c1. The molecule has 0 unspecified atom stereocenters. The number of pyridine rings is 1. The molecule has 0 bridgehead atoms. The standard InChI is InChI=1S/C26H28N4O2/c1-18-6-5-7-21(14-18)16-20-10-12-30(13-11-20)25(31)17-27-26(32)29-24-15-19(2)28-23-9-4-3-8-22(23)24/h3-9,14-16H,10-13,17H2,1-2H3,(H2,27,28,29,32). The zero-order valence-electron chi connectivity index (χ0n) is 18.5. The van der Waals surface area contributed by atoms with Crippen LogP contribution < -0.4 is 10.6 Å². The van der Waals surface area contributed by atoms with Crippen molar-refractivity contribution in [3.8, 4) is 0 Å². The Bertz CT molecular complexity index is 1180. The summed E-state index contributed by atoms with van der Waals surface area (Å²) in [6, 6.07) is 17.5. The van der Waals surface area contributed by atoms with Gasteiger partial charge in [0.1, 0.15) is 0 Å². The van der Waals surface area contributed by atoms with E-state index in [-0.39, 0.29) is 12.5 Å². The van der Waals surface area contributed by atoms with Gasteiger partial charge in [-0.1, -0.05) is 59.7 Å². The summed E-state index contributed by atoms with van der Waals surface area (Å²) >= 11 is 0. The highest BCUT2D eigenvalue weighted by molar-refractivity contribution is 6.01. The lowest BCUT2D eigenvalue weighted by Gasteiger charge is -2.28. The van der Waals surface area contributed by atoms with Crippen LogP contribution in [-0.2, 0) is 4.79 Å². The summed E-state index contributed by atoms with van der Waals surface area (Å²) in [5.74, 6) is -0.0643. The molecule has 2 aromatic carbocycles. The minimum absolute atomic E-state index is 0.0231. The largest absolute Gasteiger partial charge is 0.341 e. The number of nitrogens with zero attached hydrogens (tertiary/aromatic N) is 2. The quantitative estimate of drug-likeness (QED) is 0.634. The van der Waals surface area contributed by atoms with Gasteiger partial charge in [-0.2, -0.15) is 0 Å². The van der Waals surface area contributed by atoms with Crippen LogP contribution in [0.1, 0.15) is 29.7 Å². The summed E-state index contributed by atoms with van der Waals surface area (Å²) in [6.45, 7) is 5.30. The Kier molecular flexibility index (Phi) is 6.50. The molecule has 164 valence electrons. The van der Waals surface area contributed by atoms with Crippen LogP contribution in [0.15, 0.2) is 60.2 Å². The molecule has 0 saturated carbocycles. The highest BCUT2D eigenvalue weighted by Crippen LogP contribution is 2.23. The van der Waals surface area contributed by atoms with Gasteiger partial charge in [0, 0.05) is 24.2 Å². The number of piperidine rings is 1. The molecule has 1 aromatic heterocycles. The molecule has 0 atom stereocenters. The minimum Gasteiger partial charge on any atom is -0.341 e. The molecule has 3 aromatic rings. The second kappa shape index (κ2) is 9.64. The van der Waals surface area contributed by atoms with Gasteiger partial charge < -0.3 is 15.5 Å². The maximum absolute atomic E-state index is 12.6. The summed E-state index contributed by atoms with van der Waals surface area (Å²) in [7, 11) is 0. The van der Waals surface area contributed by atoms with E-state index in [4.69, 9.17) is 0 Å². The number of aryl methyl sites for hydroxylation is 2. The van der Waals surface area contributed by atoms with Crippen molar-refractivity contribution in [1.29, 1.82) is 0 Å². The van der Waals surface area contributed by atoms with Crippen LogP contribution >= 0.6 is 0 Å². The Morgan fingerprint density at radius 2 is 1.81 bits per heavy atom. The molecule has 6 nitrogen and oxygen atoms in total. The van der Waals surface area contributed by atoms with E-state index in [1.54, 1.807) is 0 Å². The van der Waals surface area contributed by atoms with Crippen molar-refractivity contribution >= 4 is 34.6 Å². The average Bonchev–Trinajstić information content (AvgIpc) is 2.78. The predicted molar refractivity (Wildman–Crippen MR) is 128 cm³/mol. The number of para-hydroxylation sites is 1. The second-order valence-electron chi connectivity index (χ2n) is 8.23. The first-order valence-electron chi connectivity index (χ1n) is 10.9. The maximum Gasteiger partial charge on any atom is 0.319 e. The van der Waals surface area contributed by atoms with Gasteiger partial charge in [-0.15, -0.1) is 0 Å². The van der Waals surface area contributed by atoms with Crippen molar-refractivity contribution < 1.29 is 9.59 Å². The van der Waals surface area contributed by atoms with E-state index in [9.17, 15) is 9.59 Å². The third kappa shape index (κ3) is 5.32. The first-order chi connectivity index (χ1) is 15.5. The van der Waals surface area contributed by atoms with Gasteiger partial charge in [0.05, 0.1) is 17.7 Å². The lowest BCUT2D eigenvalue weighted by Crippen LogP contribution is -2.43. The van der Waals surface area contributed by atoms with Crippen molar-refractivity contribution in [2.75, 3.05) is 25.0 Å². The van der Waals surface area contributed by atoms with Crippen LogP contribution in [0.2, 0.25) is 0 Å². The highest BCUT2D eigenvalue weighted by Gasteiger charge is 2.19. The van der Waals surface area contributed by atoms with Crippen LogP contribution in [0.5, 0.6) is 0 Å². The molecule has 0 aliphatic carbocycles. The number of urea groups is 1. The first-order valence-corrected chi connectivity index (χ1v) is 10.9. The van der Waals surface area contributed by atoms with E-state index in [1.165, 1.54) is 16.7 Å². The number of carbonyl (C=O) groups excluding carboxylic acids is 2. The van der Waals surface area contributed by atoms with Gasteiger partial charge in [-0.05, 0) is 44.4 Å². The van der Waals surface area contributed by atoms with Crippen LogP contribution in [0.3, 0.4) is 0 Å². The monoisotopic (exact) mass is 428 g/mol. The number of likely N-dealkylation sites (tertiary alicyclic amines) is 1. The number of amides is 3. The number of carbonyl (C=O) groups is 2. The second-order valence-corrected chi connectivity index (χ2v) is 8.23. The van der Waals surface area contributed by atoms with E-state index in [1.807, 2.05) is 42.2 Å². The summed E-state index contributed by atoms with van der Waals surface area (Å²) in [5.41, 5.74) is 6.12. The molecule has 6 heteroatoms. The molecule has 32 heavy (non-hydrogen) atoms. The Morgan fingerprint density at radius 1 is 1.03 bits per heavy atom. The molecule has 1 saturated heterocycles. The summed E-state index contributed by atoms with van der Waals surface area (Å²) < 4.78 is 0. The number of anilines is 1. The number of nitrogens with one attached hydrogen (secondary N) is 2. The molecular formula is C26H28N4O2. The topological polar surface area (TPSA) is 74.3 Å². The van der Waals surface area contributed by atoms with Crippen molar-refractivity contribution in [2.24, 2.45) is 0 Å². The van der Waals surface area contributed by atoms with Gasteiger partial charge in [0.2, 0.25) is 5.91 Å². The zero-order chi connectivity index (χ0) is 22.5. The van der Waals surface area contributed by atoms with Crippen molar-refractivity contribution in [3.63, 3.8) is 0 Å². The van der Waals surface area contributed by atoms with Gasteiger partial charge in [0.25, 0.3) is 0 Å². The normalized spacial score (nSPS) is 13.7. The molecule has 0 spiro atoms. The molecule has 1 aliphatic heterocycles. The Labute approximate surface area is 188 Å². The summed E-state index contributed by atoms with van der Waals surface area (Å²) in [6.07, 6.45) is 3.93. The van der Waals surface area contributed by atoms with Gasteiger partial charge in [-0.25, -0.2) is 4.79 Å². The molecular weight excluding hydrogens is 400 g/mol. The number of fused-ring (bicyclic) bond motifs is 1. The minimum atomic E-state index is -0.397. The third-order valence-corrected chi connectivity index (χ3v) is 5.66. The van der Waals surface area contributed by atoms with Crippen LogP contribution in [0.25, 0.3) is 17.0 Å². The number of hydrogen-bond donors (Lipinski definition) is 2. The lowest BCUT2D eigenvalue weighted by molar-refractivity contribution is -0.130. The van der Waals surface area contributed by atoms with E-state index >= 15 is 0 Å². The fourth-order valence-corrected chi connectivity index (χ4v) is 4.03. The van der Waals surface area contributed by atoms with Crippen LogP contribution in [-0.4, -0.2) is 41.5 Å². The molecule has 2 heterocycles. The van der Waals surface area contributed by atoms with Crippen molar-refractivity contribution in [2.45, 2.75) is 26.7 Å². The van der Waals surface area contributed by atoms with E-state index in [0.29, 0.717) is 18.8 Å². The molecule has 3 amide bonds. The third-order valence-electron chi connectivity index (χ3n) is 5.66. The number of rotatable bonds is 4. The fourth-order valence-electron chi connectivity index (χ4n) is 4.03. The van der Waals surface area contributed by atoms with Gasteiger partial charge in [0.15, 0.2) is 0 Å². The zero-order valence-corrected chi connectivity index (χ0v) is 18.5. The van der Waals surface area contributed by atoms with Crippen LogP contribution in [0.4, 0.5) is 10.5 Å². The molecule has 4 rings (SSSR count). The maximum atomic E-state index is 12.6. The lowest BCUT2D eigenvalue weighted by atomic mass is 10.00. The van der Waals surface area contributed by atoms with Crippen molar-refractivity contribution in [1.82, 2.24) is 15.2 Å². The molecule has 2 N–H and O–H groups in total. The van der Waals surface area contributed by atoms with Gasteiger partial charge >= 0.3 is 6.03 Å². The number of hydrogen-bond acceptors (Lipinski definition) is 3. The van der Waals surface area contributed by atoms with Crippen molar-refractivity contribution in [3.05, 3.63) is 77.0 Å².